The van der Waals surface area contributed by atoms with Crippen molar-refractivity contribution in [2.45, 2.75) is 12.7 Å². The number of rotatable bonds is 3. The highest BCUT2D eigenvalue weighted by atomic mass is 19.4. The number of hydrogen-bond donors (Lipinski definition) is 0. The molecule has 0 saturated carbocycles. The molecule has 2 heterocycles. The largest absolute Gasteiger partial charge is 0.416 e. The fourth-order valence-electron chi connectivity index (χ4n) is 3.07. The lowest BCUT2D eigenvalue weighted by molar-refractivity contribution is -0.137. The van der Waals surface area contributed by atoms with E-state index in [1.165, 1.54) is 12.1 Å². The van der Waals surface area contributed by atoms with Crippen molar-refractivity contribution in [3.63, 3.8) is 0 Å². The first-order valence-electron chi connectivity index (χ1n) is 8.62. The van der Waals surface area contributed by atoms with Crippen LogP contribution in [0.5, 0.6) is 0 Å². The van der Waals surface area contributed by atoms with E-state index in [-0.39, 0.29) is 0 Å². The lowest BCUT2D eigenvalue weighted by atomic mass is 10.0. The third kappa shape index (κ3) is 3.67. The van der Waals surface area contributed by atoms with Crippen LogP contribution in [0.25, 0.3) is 22.4 Å². The van der Waals surface area contributed by atoms with Crippen LogP contribution < -0.4 is 5.56 Å². The Hall–Kier alpha value is -3.41. The molecule has 0 amide bonds. The Bertz CT molecular complexity index is 1130. The highest BCUT2D eigenvalue weighted by Crippen LogP contribution is 2.31. The predicted molar refractivity (Wildman–Crippen MR) is 101 cm³/mol. The van der Waals surface area contributed by atoms with E-state index in [1.807, 2.05) is 47.2 Å². The molecule has 4 rings (SSSR count). The zero-order chi connectivity index (χ0) is 19.7. The Kier molecular flexibility index (Phi) is 4.47. The van der Waals surface area contributed by atoms with E-state index in [0.717, 1.165) is 17.7 Å². The minimum atomic E-state index is -4.40. The van der Waals surface area contributed by atoms with Gasteiger partial charge in [-0.3, -0.25) is 4.79 Å². The van der Waals surface area contributed by atoms with Gasteiger partial charge in [0, 0.05) is 24.5 Å². The minimum absolute atomic E-state index is 0.354. The monoisotopic (exact) mass is 380 g/mol. The second-order valence-electron chi connectivity index (χ2n) is 6.49. The zero-order valence-corrected chi connectivity index (χ0v) is 14.6. The van der Waals surface area contributed by atoms with E-state index in [1.54, 1.807) is 12.3 Å². The summed E-state index contributed by atoms with van der Waals surface area (Å²) in [5, 5.41) is 0. The van der Waals surface area contributed by atoms with Gasteiger partial charge in [-0.25, -0.2) is 4.98 Å². The van der Waals surface area contributed by atoms with E-state index in [2.05, 4.69) is 4.98 Å². The summed E-state index contributed by atoms with van der Waals surface area (Å²) in [6, 6.07) is 18.0. The molecule has 0 N–H and O–H groups in total. The lowest BCUT2D eigenvalue weighted by Gasteiger charge is -2.12. The normalized spacial score (nSPS) is 11.7. The number of fused-ring (bicyclic) bond motifs is 1. The number of hydrogen-bond acceptors (Lipinski definition) is 2. The van der Waals surface area contributed by atoms with Gasteiger partial charge in [0.15, 0.2) is 0 Å². The van der Waals surface area contributed by atoms with E-state index in [0.29, 0.717) is 28.9 Å². The third-order valence-electron chi connectivity index (χ3n) is 4.51. The number of aromatic nitrogens is 2. The molecule has 0 bridgehead atoms. The van der Waals surface area contributed by atoms with E-state index < -0.39 is 17.3 Å². The molecule has 0 fully saturated rings. The summed E-state index contributed by atoms with van der Waals surface area (Å²) in [7, 11) is 0. The summed E-state index contributed by atoms with van der Waals surface area (Å²) in [5.74, 6) is 0. The molecule has 28 heavy (non-hydrogen) atoms. The molecule has 0 saturated heterocycles. The van der Waals surface area contributed by atoms with Crippen LogP contribution in [-0.2, 0) is 12.7 Å². The Morgan fingerprint density at radius 3 is 2.29 bits per heavy atom. The van der Waals surface area contributed by atoms with Crippen molar-refractivity contribution in [1.82, 2.24) is 9.55 Å². The van der Waals surface area contributed by atoms with Crippen LogP contribution in [-0.4, -0.2) is 9.55 Å². The van der Waals surface area contributed by atoms with E-state index in [4.69, 9.17) is 0 Å². The molecule has 3 nitrogen and oxygen atoms in total. The Balaban J connectivity index is 1.69. The van der Waals surface area contributed by atoms with Gasteiger partial charge >= 0.3 is 6.18 Å². The zero-order valence-electron chi connectivity index (χ0n) is 14.6. The standard InChI is InChI=1S/C22H15F3N2O/c23-22(24,25)18-8-6-16(7-9-18)20-12-17-10-11-27(14-19(17)21(28)26-20)13-15-4-2-1-3-5-15/h1-12,14H,13H2. The first-order valence-corrected chi connectivity index (χ1v) is 8.62. The molecule has 140 valence electrons. The van der Waals surface area contributed by atoms with Crippen LogP contribution in [0, 0.1) is 0 Å². The molecule has 0 aliphatic carbocycles. The smallest absolute Gasteiger partial charge is 0.349 e. The van der Waals surface area contributed by atoms with Gasteiger partial charge < -0.3 is 4.57 Å². The number of pyridine rings is 2. The average Bonchev–Trinajstić information content (AvgIpc) is 2.68. The van der Waals surface area contributed by atoms with Gasteiger partial charge in [-0.1, -0.05) is 42.5 Å². The van der Waals surface area contributed by atoms with Gasteiger partial charge in [-0.05, 0) is 35.4 Å². The maximum atomic E-state index is 12.7. The molecule has 0 spiro atoms. The van der Waals surface area contributed by atoms with Crippen LogP contribution in [0.2, 0.25) is 0 Å². The van der Waals surface area contributed by atoms with Crippen molar-refractivity contribution in [3.05, 3.63) is 101 Å². The van der Waals surface area contributed by atoms with Crippen molar-refractivity contribution in [2.24, 2.45) is 0 Å². The van der Waals surface area contributed by atoms with E-state index in [9.17, 15) is 18.0 Å². The molecule has 0 unspecified atom stereocenters. The van der Waals surface area contributed by atoms with Crippen LogP contribution in [0.4, 0.5) is 13.2 Å². The van der Waals surface area contributed by atoms with Gasteiger partial charge in [0.05, 0.1) is 16.8 Å². The molecule has 0 aromatic heterocycles. The number of halogens is 3. The summed E-state index contributed by atoms with van der Waals surface area (Å²) in [5.41, 5.74) is 1.94. The molecule has 0 atom stereocenters. The molecule has 2 aliphatic heterocycles. The molecule has 6 heteroatoms. The molecular weight excluding hydrogens is 365 g/mol. The summed E-state index contributed by atoms with van der Waals surface area (Å²) in [6.45, 7) is 0.622. The fourth-order valence-corrected chi connectivity index (χ4v) is 3.07. The SMILES string of the molecule is O=c1nc(-c2ccc(C(F)(F)F)cc2)cc2ccn(Cc3ccccc3)cc1-2. The summed E-state index contributed by atoms with van der Waals surface area (Å²) >= 11 is 0. The van der Waals surface area contributed by atoms with Crippen LogP contribution in [0.1, 0.15) is 11.1 Å². The maximum Gasteiger partial charge on any atom is 0.416 e. The lowest BCUT2D eigenvalue weighted by Crippen LogP contribution is -2.13. The molecule has 0 radical (unpaired) electrons. The first kappa shape index (κ1) is 18.0. The van der Waals surface area contributed by atoms with Gasteiger partial charge in [-0.15, -0.1) is 0 Å². The van der Waals surface area contributed by atoms with Gasteiger partial charge in [-0.2, -0.15) is 13.2 Å². The van der Waals surface area contributed by atoms with E-state index >= 15 is 0 Å². The quantitative estimate of drug-likeness (QED) is 0.497. The van der Waals surface area contributed by atoms with Crippen molar-refractivity contribution in [3.8, 4) is 22.4 Å². The average molecular weight is 380 g/mol. The molecule has 2 aromatic carbocycles. The highest BCUT2D eigenvalue weighted by Gasteiger charge is 2.30. The predicted octanol–water partition coefficient (Wildman–Crippen LogP) is 5.08. The van der Waals surface area contributed by atoms with Crippen molar-refractivity contribution >= 4 is 0 Å². The van der Waals surface area contributed by atoms with Gasteiger partial charge in [0.1, 0.15) is 0 Å². The maximum absolute atomic E-state index is 12.7. The van der Waals surface area contributed by atoms with Crippen molar-refractivity contribution < 1.29 is 13.2 Å². The summed E-state index contributed by atoms with van der Waals surface area (Å²) < 4.78 is 40.1. The molecule has 2 aromatic rings. The third-order valence-corrected chi connectivity index (χ3v) is 4.51. The summed E-state index contributed by atoms with van der Waals surface area (Å²) in [6.07, 6.45) is -0.787. The van der Waals surface area contributed by atoms with Crippen molar-refractivity contribution in [1.29, 1.82) is 0 Å². The van der Waals surface area contributed by atoms with Crippen LogP contribution >= 0.6 is 0 Å². The fraction of sp³-hybridized carbons (Fsp3) is 0.0909. The number of alkyl halides is 3. The Morgan fingerprint density at radius 1 is 0.893 bits per heavy atom. The summed E-state index contributed by atoms with van der Waals surface area (Å²) in [4.78, 5) is 16.6. The second-order valence-corrected chi connectivity index (χ2v) is 6.49. The van der Waals surface area contributed by atoms with Crippen molar-refractivity contribution in [2.75, 3.05) is 0 Å². The van der Waals surface area contributed by atoms with Gasteiger partial charge in [0.25, 0.3) is 5.56 Å². The minimum Gasteiger partial charge on any atom is -0.349 e. The molecule has 2 aliphatic rings. The Morgan fingerprint density at radius 2 is 1.61 bits per heavy atom. The number of benzene rings is 2. The first-order chi connectivity index (χ1) is 13.4. The highest BCUT2D eigenvalue weighted by molar-refractivity contribution is 5.71. The topological polar surface area (TPSA) is 34.9 Å². The van der Waals surface area contributed by atoms with Gasteiger partial charge in [0.2, 0.25) is 0 Å². The number of nitrogens with zero attached hydrogens (tertiary/aromatic N) is 2. The van der Waals surface area contributed by atoms with Crippen LogP contribution in [0.3, 0.4) is 0 Å². The van der Waals surface area contributed by atoms with Crippen LogP contribution in [0.15, 0.2) is 83.9 Å². The molecular formula is C22H15F3N2O. The second kappa shape index (κ2) is 6.96. The Labute approximate surface area is 159 Å².